The van der Waals surface area contributed by atoms with Crippen LogP contribution in [0.25, 0.3) is 0 Å². The maximum Gasteiger partial charge on any atom is 0.237 e. The molecule has 0 saturated heterocycles. The summed E-state index contributed by atoms with van der Waals surface area (Å²) in [4.78, 5) is 15.9. The summed E-state index contributed by atoms with van der Waals surface area (Å²) in [6, 6.07) is 7.76. The van der Waals surface area contributed by atoms with E-state index in [9.17, 15) is 4.79 Å². The second-order valence-corrected chi connectivity index (χ2v) is 6.01. The SMILES string of the molecule is CC(C)C[C@H](N)C(=O)NCc1ccc(Cn2ccnc2)cc1. The molecule has 0 aliphatic rings. The molecule has 0 bridgehead atoms. The molecule has 1 aromatic carbocycles. The first-order valence-corrected chi connectivity index (χ1v) is 7.61. The number of carbonyl (C=O) groups is 1. The van der Waals surface area contributed by atoms with E-state index in [2.05, 4.69) is 36.3 Å². The number of hydrogen-bond donors (Lipinski definition) is 2. The van der Waals surface area contributed by atoms with Gasteiger partial charge in [0.25, 0.3) is 0 Å². The maximum absolute atomic E-state index is 11.9. The Kier molecular flexibility index (Phi) is 5.72. The van der Waals surface area contributed by atoms with Crippen molar-refractivity contribution in [2.24, 2.45) is 11.7 Å². The van der Waals surface area contributed by atoms with Gasteiger partial charge in [-0.1, -0.05) is 38.1 Å². The minimum absolute atomic E-state index is 0.0869. The van der Waals surface area contributed by atoms with Gasteiger partial charge in [0.05, 0.1) is 12.4 Å². The van der Waals surface area contributed by atoms with Crippen LogP contribution in [-0.2, 0) is 17.9 Å². The Morgan fingerprint density at radius 2 is 1.95 bits per heavy atom. The van der Waals surface area contributed by atoms with E-state index in [1.54, 1.807) is 12.5 Å². The van der Waals surface area contributed by atoms with E-state index >= 15 is 0 Å². The number of nitrogens with one attached hydrogen (secondary N) is 1. The first kappa shape index (κ1) is 16.2. The van der Waals surface area contributed by atoms with Crippen molar-refractivity contribution in [3.63, 3.8) is 0 Å². The smallest absolute Gasteiger partial charge is 0.237 e. The number of nitrogens with zero attached hydrogens (tertiary/aromatic N) is 2. The van der Waals surface area contributed by atoms with Gasteiger partial charge in [-0.05, 0) is 23.5 Å². The minimum atomic E-state index is -0.430. The summed E-state index contributed by atoms with van der Waals surface area (Å²) in [6.45, 7) is 5.43. The molecule has 22 heavy (non-hydrogen) atoms. The van der Waals surface area contributed by atoms with E-state index in [0.29, 0.717) is 18.9 Å². The Morgan fingerprint density at radius 1 is 1.27 bits per heavy atom. The molecule has 0 aliphatic carbocycles. The van der Waals surface area contributed by atoms with E-state index in [0.717, 1.165) is 12.1 Å². The molecular weight excluding hydrogens is 276 g/mol. The van der Waals surface area contributed by atoms with Crippen molar-refractivity contribution in [3.8, 4) is 0 Å². The Hall–Kier alpha value is -2.14. The first-order valence-electron chi connectivity index (χ1n) is 7.61. The van der Waals surface area contributed by atoms with Crippen LogP contribution in [0.5, 0.6) is 0 Å². The Balaban J connectivity index is 1.82. The summed E-state index contributed by atoms with van der Waals surface area (Å²) in [7, 11) is 0. The summed E-state index contributed by atoms with van der Waals surface area (Å²) in [5, 5.41) is 2.89. The van der Waals surface area contributed by atoms with Gasteiger partial charge in [-0.25, -0.2) is 4.98 Å². The number of imidazole rings is 1. The van der Waals surface area contributed by atoms with Crippen molar-refractivity contribution in [3.05, 3.63) is 54.1 Å². The molecule has 0 unspecified atom stereocenters. The summed E-state index contributed by atoms with van der Waals surface area (Å²) in [6.07, 6.45) is 6.20. The molecule has 2 aromatic rings. The highest BCUT2D eigenvalue weighted by Gasteiger charge is 2.14. The van der Waals surface area contributed by atoms with Gasteiger partial charge in [-0.3, -0.25) is 4.79 Å². The van der Waals surface area contributed by atoms with Crippen LogP contribution in [0.4, 0.5) is 0 Å². The molecule has 0 spiro atoms. The predicted octanol–water partition coefficient (Wildman–Crippen LogP) is 1.92. The van der Waals surface area contributed by atoms with Crippen LogP contribution in [0.3, 0.4) is 0 Å². The third-order valence-corrected chi connectivity index (χ3v) is 3.48. The molecule has 1 heterocycles. The molecule has 5 heteroatoms. The van der Waals surface area contributed by atoms with Crippen molar-refractivity contribution in [1.29, 1.82) is 0 Å². The van der Waals surface area contributed by atoms with Gasteiger partial charge in [0.1, 0.15) is 0 Å². The molecule has 1 amide bonds. The highest BCUT2D eigenvalue weighted by atomic mass is 16.2. The monoisotopic (exact) mass is 300 g/mol. The fourth-order valence-corrected chi connectivity index (χ4v) is 2.29. The van der Waals surface area contributed by atoms with Crippen LogP contribution in [0.15, 0.2) is 43.0 Å². The molecule has 3 N–H and O–H groups in total. The molecule has 1 atom stereocenters. The van der Waals surface area contributed by atoms with Crippen LogP contribution in [0.1, 0.15) is 31.4 Å². The van der Waals surface area contributed by atoms with Gasteiger partial charge < -0.3 is 15.6 Å². The number of benzene rings is 1. The van der Waals surface area contributed by atoms with Crippen LogP contribution in [-0.4, -0.2) is 21.5 Å². The zero-order valence-electron chi connectivity index (χ0n) is 13.2. The van der Waals surface area contributed by atoms with E-state index in [1.165, 1.54) is 5.56 Å². The number of rotatable bonds is 7. The number of amides is 1. The van der Waals surface area contributed by atoms with Crippen molar-refractivity contribution in [2.75, 3.05) is 0 Å². The largest absolute Gasteiger partial charge is 0.351 e. The average Bonchev–Trinajstić information content (AvgIpc) is 2.98. The molecule has 118 valence electrons. The molecule has 2 rings (SSSR count). The van der Waals surface area contributed by atoms with Gasteiger partial charge in [-0.2, -0.15) is 0 Å². The second-order valence-electron chi connectivity index (χ2n) is 6.01. The Morgan fingerprint density at radius 3 is 2.55 bits per heavy atom. The van der Waals surface area contributed by atoms with E-state index in [-0.39, 0.29) is 5.91 Å². The van der Waals surface area contributed by atoms with Crippen molar-refractivity contribution >= 4 is 5.91 Å². The molecule has 0 fully saturated rings. The maximum atomic E-state index is 11.9. The van der Waals surface area contributed by atoms with Crippen LogP contribution < -0.4 is 11.1 Å². The summed E-state index contributed by atoms with van der Waals surface area (Å²) < 4.78 is 2.02. The molecule has 1 aromatic heterocycles. The fourth-order valence-electron chi connectivity index (χ4n) is 2.29. The van der Waals surface area contributed by atoms with Crippen molar-refractivity contribution < 1.29 is 4.79 Å². The number of aromatic nitrogens is 2. The first-order chi connectivity index (χ1) is 10.5. The second kappa shape index (κ2) is 7.75. The molecule has 5 nitrogen and oxygen atoms in total. The Bertz CT molecular complexity index is 575. The summed E-state index contributed by atoms with van der Waals surface area (Å²) in [5.41, 5.74) is 8.13. The highest BCUT2D eigenvalue weighted by molar-refractivity contribution is 5.81. The molecular formula is C17H24N4O. The molecule has 0 radical (unpaired) electrons. The zero-order chi connectivity index (χ0) is 15.9. The lowest BCUT2D eigenvalue weighted by Gasteiger charge is -2.14. The quantitative estimate of drug-likeness (QED) is 0.820. The fraction of sp³-hybridized carbons (Fsp3) is 0.412. The normalized spacial score (nSPS) is 12.4. The third kappa shape index (κ3) is 5.00. The predicted molar refractivity (Wildman–Crippen MR) is 87.0 cm³/mol. The average molecular weight is 300 g/mol. The third-order valence-electron chi connectivity index (χ3n) is 3.48. The lowest BCUT2D eigenvalue weighted by Crippen LogP contribution is -2.41. The zero-order valence-corrected chi connectivity index (χ0v) is 13.2. The van der Waals surface area contributed by atoms with Gasteiger partial charge in [0.15, 0.2) is 0 Å². The van der Waals surface area contributed by atoms with Crippen molar-refractivity contribution in [1.82, 2.24) is 14.9 Å². The molecule has 0 aliphatic heterocycles. The van der Waals surface area contributed by atoms with E-state index < -0.39 is 6.04 Å². The lowest BCUT2D eigenvalue weighted by atomic mass is 10.0. The van der Waals surface area contributed by atoms with Gasteiger partial charge in [0.2, 0.25) is 5.91 Å². The Labute approximate surface area is 131 Å². The number of nitrogens with two attached hydrogens (primary N) is 1. The van der Waals surface area contributed by atoms with Gasteiger partial charge >= 0.3 is 0 Å². The van der Waals surface area contributed by atoms with Crippen LogP contribution in [0.2, 0.25) is 0 Å². The minimum Gasteiger partial charge on any atom is -0.351 e. The number of carbonyl (C=O) groups excluding carboxylic acids is 1. The van der Waals surface area contributed by atoms with Crippen LogP contribution >= 0.6 is 0 Å². The van der Waals surface area contributed by atoms with E-state index in [1.807, 2.05) is 22.9 Å². The van der Waals surface area contributed by atoms with Gasteiger partial charge in [-0.15, -0.1) is 0 Å². The summed E-state index contributed by atoms with van der Waals surface area (Å²) >= 11 is 0. The summed E-state index contributed by atoms with van der Waals surface area (Å²) in [5.74, 6) is 0.333. The number of hydrogen-bond acceptors (Lipinski definition) is 3. The lowest BCUT2D eigenvalue weighted by molar-refractivity contribution is -0.122. The van der Waals surface area contributed by atoms with Crippen molar-refractivity contribution in [2.45, 2.75) is 39.4 Å². The molecule has 0 saturated carbocycles. The highest BCUT2D eigenvalue weighted by Crippen LogP contribution is 2.07. The van der Waals surface area contributed by atoms with Crippen LogP contribution in [0, 0.1) is 5.92 Å². The van der Waals surface area contributed by atoms with E-state index in [4.69, 9.17) is 5.73 Å². The standard InChI is InChI=1S/C17H24N4O/c1-13(2)9-16(18)17(22)20-10-14-3-5-15(6-4-14)11-21-8-7-19-12-21/h3-8,12-13,16H,9-11,18H2,1-2H3,(H,20,22)/t16-/m0/s1. The topological polar surface area (TPSA) is 72.9 Å². The van der Waals surface area contributed by atoms with Gasteiger partial charge in [0, 0.05) is 25.5 Å².